The zero-order valence-corrected chi connectivity index (χ0v) is 12.9. The van der Waals surface area contributed by atoms with Crippen LogP contribution < -0.4 is 0 Å². The first-order chi connectivity index (χ1) is 11.3. The average molecular weight is 308 g/mol. The van der Waals surface area contributed by atoms with E-state index < -0.39 is 5.92 Å². The molecule has 0 aliphatic carbocycles. The van der Waals surface area contributed by atoms with E-state index in [1.165, 1.54) is 5.56 Å². The molecule has 0 saturated carbocycles. The normalized spacial score (nSPS) is 20.0. The number of likely N-dealkylation sites (tertiary alicyclic amines) is 1. The Balaban J connectivity index is 1.75. The highest BCUT2D eigenvalue weighted by molar-refractivity contribution is 6.10. The molecule has 118 valence electrons. The van der Waals surface area contributed by atoms with Gasteiger partial charge in [-0.05, 0) is 17.5 Å². The Morgan fingerprint density at radius 3 is 2.35 bits per heavy atom. The van der Waals surface area contributed by atoms with Gasteiger partial charge in [0.15, 0.2) is 0 Å². The molecular weight excluding hydrogens is 288 g/mol. The first-order valence-corrected chi connectivity index (χ1v) is 7.88. The van der Waals surface area contributed by atoms with Crippen LogP contribution in [-0.2, 0) is 11.2 Å². The van der Waals surface area contributed by atoms with Crippen molar-refractivity contribution < 1.29 is 10.0 Å². The zero-order valence-electron chi connectivity index (χ0n) is 12.9. The van der Waals surface area contributed by atoms with Crippen molar-refractivity contribution in [2.75, 3.05) is 13.1 Å². The van der Waals surface area contributed by atoms with Gasteiger partial charge in [0.1, 0.15) is 5.92 Å². The zero-order chi connectivity index (χ0) is 16.1. The molecule has 1 aliphatic rings. The van der Waals surface area contributed by atoms with Gasteiger partial charge in [0, 0.05) is 19.5 Å². The summed E-state index contributed by atoms with van der Waals surface area (Å²) >= 11 is 0. The SMILES string of the molecule is O=C1C(c2ccccc2)/C(=N/O)CCN1CCc1ccccc1. The third-order valence-corrected chi connectivity index (χ3v) is 4.30. The third kappa shape index (κ3) is 3.42. The molecule has 23 heavy (non-hydrogen) atoms. The van der Waals surface area contributed by atoms with Crippen molar-refractivity contribution in [1.82, 2.24) is 4.90 Å². The predicted octanol–water partition coefficient (Wildman–Crippen LogP) is 3.08. The first kappa shape index (κ1) is 15.3. The molecule has 1 fully saturated rings. The van der Waals surface area contributed by atoms with Crippen molar-refractivity contribution in [2.24, 2.45) is 5.16 Å². The number of hydrogen-bond acceptors (Lipinski definition) is 3. The number of nitrogens with zero attached hydrogens (tertiary/aromatic N) is 2. The van der Waals surface area contributed by atoms with Gasteiger partial charge in [-0.15, -0.1) is 0 Å². The van der Waals surface area contributed by atoms with Crippen LogP contribution in [0.2, 0.25) is 0 Å². The van der Waals surface area contributed by atoms with Crippen LogP contribution in [0.1, 0.15) is 23.5 Å². The fourth-order valence-electron chi connectivity index (χ4n) is 3.05. The van der Waals surface area contributed by atoms with E-state index >= 15 is 0 Å². The summed E-state index contributed by atoms with van der Waals surface area (Å²) in [7, 11) is 0. The van der Waals surface area contributed by atoms with Crippen molar-refractivity contribution in [1.29, 1.82) is 0 Å². The van der Waals surface area contributed by atoms with Crippen molar-refractivity contribution >= 4 is 11.6 Å². The maximum atomic E-state index is 12.9. The lowest BCUT2D eigenvalue weighted by Gasteiger charge is -2.33. The van der Waals surface area contributed by atoms with E-state index in [0.717, 1.165) is 12.0 Å². The van der Waals surface area contributed by atoms with E-state index in [2.05, 4.69) is 17.3 Å². The minimum absolute atomic E-state index is 0.0196. The Morgan fingerprint density at radius 2 is 1.70 bits per heavy atom. The number of hydrogen-bond donors (Lipinski definition) is 1. The molecule has 1 heterocycles. The van der Waals surface area contributed by atoms with Crippen LogP contribution >= 0.6 is 0 Å². The standard InChI is InChI=1S/C19H20N2O2/c22-19-18(16-9-5-2-6-10-16)17(20-23)12-14-21(19)13-11-15-7-3-1-4-8-15/h1-10,18,23H,11-14H2/b20-17+. The van der Waals surface area contributed by atoms with Crippen LogP contribution in [0.15, 0.2) is 65.8 Å². The van der Waals surface area contributed by atoms with Crippen LogP contribution in [-0.4, -0.2) is 34.8 Å². The molecule has 1 amide bonds. The third-order valence-electron chi connectivity index (χ3n) is 4.30. The highest BCUT2D eigenvalue weighted by atomic mass is 16.4. The molecule has 2 aromatic carbocycles. The second-order valence-electron chi connectivity index (χ2n) is 5.75. The van der Waals surface area contributed by atoms with Gasteiger partial charge in [-0.25, -0.2) is 0 Å². The lowest BCUT2D eigenvalue weighted by Crippen LogP contribution is -2.45. The van der Waals surface area contributed by atoms with Crippen LogP contribution in [0.5, 0.6) is 0 Å². The summed E-state index contributed by atoms with van der Waals surface area (Å²) in [5.74, 6) is -0.447. The highest BCUT2D eigenvalue weighted by Crippen LogP contribution is 2.26. The summed E-state index contributed by atoms with van der Waals surface area (Å²) in [4.78, 5) is 14.7. The fraction of sp³-hybridized carbons (Fsp3) is 0.263. The number of benzene rings is 2. The summed E-state index contributed by atoms with van der Waals surface area (Å²) < 4.78 is 0. The Labute approximate surface area is 136 Å². The molecule has 1 atom stereocenters. The molecule has 0 bridgehead atoms. The summed E-state index contributed by atoms with van der Waals surface area (Å²) in [6.07, 6.45) is 1.44. The van der Waals surface area contributed by atoms with Gasteiger partial charge >= 0.3 is 0 Å². The molecule has 2 aromatic rings. The molecule has 0 radical (unpaired) electrons. The predicted molar refractivity (Wildman–Crippen MR) is 89.7 cm³/mol. The van der Waals surface area contributed by atoms with Crippen molar-refractivity contribution in [3.8, 4) is 0 Å². The average Bonchev–Trinajstić information content (AvgIpc) is 2.62. The lowest BCUT2D eigenvalue weighted by atomic mass is 9.87. The van der Waals surface area contributed by atoms with Crippen LogP contribution in [0, 0.1) is 0 Å². The second-order valence-corrected chi connectivity index (χ2v) is 5.75. The minimum atomic E-state index is -0.467. The van der Waals surface area contributed by atoms with Crippen LogP contribution in [0.3, 0.4) is 0 Å². The number of piperidine rings is 1. The smallest absolute Gasteiger partial charge is 0.235 e. The van der Waals surface area contributed by atoms with E-state index in [4.69, 9.17) is 0 Å². The van der Waals surface area contributed by atoms with Crippen molar-refractivity contribution in [2.45, 2.75) is 18.8 Å². The molecule has 1 saturated heterocycles. The maximum Gasteiger partial charge on any atom is 0.235 e. The molecule has 0 spiro atoms. The van der Waals surface area contributed by atoms with Gasteiger partial charge in [0.25, 0.3) is 0 Å². The largest absolute Gasteiger partial charge is 0.411 e. The van der Waals surface area contributed by atoms with Gasteiger partial charge in [-0.1, -0.05) is 65.8 Å². The fourth-order valence-corrected chi connectivity index (χ4v) is 3.05. The molecule has 1 aliphatic heterocycles. The topological polar surface area (TPSA) is 52.9 Å². The number of carbonyl (C=O) groups excluding carboxylic acids is 1. The summed E-state index contributed by atoms with van der Waals surface area (Å²) in [5, 5.41) is 12.6. The monoisotopic (exact) mass is 308 g/mol. The van der Waals surface area contributed by atoms with Gasteiger partial charge in [0.05, 0.1) is 5.71 Å². The molecule has 4 nitrogen and oxygen atoms in total. The van der Waals surface area contributed by atoms with E-state index in [0.29, 0.717) is 25.2 Å². The molecule has 0 aromatic heterocycles. The van der Waals surface area contributed by atoms with E-state index in [1.807, 2.05) is 53.4 Å². The molecular formula is C19H20N2O2. The second kappa shape index (κ2) is 7.09. The number of rotatable bonds is 4. The molecule has 1 unspecified atom stereocenters. The quantitative estimate of drug-likeness (QED) is 0.697. The summed E-state index contributed by atoms with van der Waals surface area (Å²) in [6.45, 7) is 1.29. The number of oxime groups is 1. The van der Waals surface area contributed by atoms with E-state index in [9.17, 15) is 10.0 Å². The molecule has 4 heteroatoms. The Bertz CT molecular complexity index is 683. The molecule has 1 N–H and O–H groups in total. The summed E-state index contributed by atoms with van der Waals surface area (Å²) in [5.41, 5.74) is 2.66. The van der Waals surface area contributed by atoms with Gasteiger partial charge < -0.3 is 10.1 Å². The van der Waals surface area contributed by atoms with E-state index in [1.54, 1.807) is 0 Å². The van der Waals surface area contributed by atoms with Gasteiger partial charge in [-0.2, -0.15) is 0 Å². The first-order valence-electron chi connectivity index (χ1n) is 7.88. The van der Waals surface area contributed by atoms with Gasteiger partial charge in [0.2, 0.25) is 5.91 Å². The van der Waals surface area contributed by atoms with Crippen molar-refractivity contribution in [3.05, 3.63) is 71.8 Å². The van der Waals surface area contributed by atoms with Crippen molar-refractivity contribution in [3.63, 3.8) is 0 Å². The Hall–Kier alpha value is -2.62. The number of amides is 1. The summed E-state index contributed by atoms with van der Waals surface area (Å²) in [6, 6.07) is 19.7. The maximum absolute atomic E-state index is 12.9. The Morgan fingerprint density at radius 1 is 1.04 bits per heavy atom. The van der Waals surface area contributed by atoms with Crippen LogP contribution in [0.25, 0.3) is 0 Å². The highest BCUT2D eigenvalue weighted by Gasteiger charge is 2.35. The minimum Gasteiger partial charge on any atom is -0.411 e. The van der Waals surface area contributed by atoms with E-state index in [-0.39, 0.29) is 5.91 Å². The van der Waals surface area contributed by atoms with Crippen LogP contribution in [0.4, 0.5) is 0 Å². The van der Waals surface area contributed by atoms with Gasteiger partial charge in [-0.3, -0.25) is 4.79 Å². The lowest BCUT2D eigenvalue weighted by molar-refractivity contribution is -0.132. The number of carbonyl (C=O) groups is 1. The Kier molecular flexibility index (Phi) is 4.71. The molecule has 3 rings (SSSR count).